The molecular weight excluding hydrogens is 242 g/mol. The molecule has 4 nitrogen and oxygen atoms in total. The number of pyridine rings is 1. The van der Waals surface area contributed by atoms with Gasteiger partial charge in [-0.3, -0.25) is 4.98 Å². The molecule has 0 spiro atoms. The molecule has 19 heavy (non-hydrogen) atoms. The molecule has 1 aromatic carbocycles. The number of ether oxygens (including phenoxy) is 1. The van der Waals surface area contributed by atoms with E-state index in [1.807, 2.05) is 26.0 Å². The summed E-state index contributed by atoms with van der Waals surface area (Å²) in [6.45, 7) is 3.88. The molecule has 1 heterocycles. The van der Waals surface area contributed by atoms with Crippen LogP contribution in [0, 0.1) is 0 Å². The van der Waals surface area contributed by atoms with Crippen LogP contribution in [-0.4, -0.2) is 16.1 Å². The Morgan fingerprint density at radius 2 is 1.89 bits per heavy atom. The van der Waals surface area contributed by atoms with Gasteiger partial charge >= 0.3 is 5.97 Å². The highest BCUT2D eigenvalue weighted by molar-refractivity contribution is 5.87. The Bertz CT molecular complexity index is 562. The summed E-state index contributed by atoms with van der Waals surface area (Å²) in [6.07, 6.45) is 3.47. The quantitative estimate of drug-likeness (QED) is 0.914. The molecule has 0 aliphatic rings. The Morgan fingerprint density at radius 3 is 2.42 bits per heavy atom. The molecule has 0 fully saturated rings. The molecule has 0 amide bonds. The molecule has 2 aromatic rings. The van der Waals surface area contributed by atoms with E-state index in [9.17, 15) is 4.79 Å². The van der Waals surface area contributed by atoms with Gasteiger partial charge < -0.3 is 9.84 Å². The number of hydrogen-bond acceptors (Lipinski definition) is 3. The second-order valence-corrected chi connectivity index (χ2v) is 4.68. The lowest BCUT2D eigenvalue weighted by molar-refractivity contribution is 0.0696. The van der Waals surface area contributed by atoms with Crippen molar-refractivity contribution < 1.29 is 14.6 Å². The van der Waals surface area contributed by atoms with Crippen LogP contribution in [0.4, 0.5) is 0 Å². The zero-order valence-corrected chi connectivity index (χ0v) is 10.8. The van der Waals surface area contributed by atoms with Gasteiger partial charge in [0.15, 0.2) is 0 Å². The zero-order chi connectivity index (χ0) is 13.9. The maximum Gasteiger partial charge on any atom is 0.335 e. The first-order valence-corrected chi connectivity index (χ1v) is 5.92. The molecule has 0 unspecified atom stereocenters. The van der Waals surface area contributed by atoms with Crippen LogP contribution in [0.15, 0.2) is 48.8 Å². The lowest BCUT2D eigenvalue weighted by Crippen LogP contribution is -2.25. The van der Waals surface area contributed by atoms with Crippen molar-refractivity contribution in [2.75, 3.05) is 0 Å². The SMILES string of the molecule is CC(C)(Oc1ccc(C(=O)O)cc1)c1cccnc1. The van der Waals surface area contributed by atoms with Gasteiger partial charge in [0.1, 0.15) is 11.4 Å². The second kappa shape index (κ2) is 5.10. The second-order valence-electron chi connectivity index (χ2n) is 4.68. The van der Waals surface area contributed by atoms with Crippen LogP contribution in [0.2, 0.25) is 0 Å². The zero-order valence-electron chi connectivity index (χ0n) is 10.8. The van der Waals surface area contributed by atoms with Crippen LogP contribution in [-0.2, 0) is 5.60 Å². The number of aromatic nitrogens is 1. The lowest BCUT2D eigenvalue weighted by Gasteiger charge is -2.26. The van der Waals surface area contributed by atoms with Crippen molar-refractivity contribution in [1.82, 2.24) is 4.98 Å². The molecule has 1 N–H and O–H groups in total. The first kappa shape index (κ1) is 13.1. The van der Waals surface area contributed by atoms with Gasteiger partial charge in [-0.05, 0) is 44.2 Å². The lowest BCUT2D eigenvalue weighted by atomic mass is 10.00. The molecule has 0 aliphatic heterocycles. The number of benzene rings is 1. The minimum Gasteiger partial charge on any atom is -0.483 e. The highest BCUT2D eigenvalue weighted by Crippen LogP contribution is 2.27. The summed E-state index contributed by atoms with van der Waals surface area (Å²) in [5, 5.41) is 8.84. The van der Waals surface area contributed by atoms with Crippen molar-refractivity contribution in [3.63, 3.8) is 0 Å². The third-order valence-corrected chi connectivity index (χ3v) is 2.83. The average Bonchev–Trinajstić information content (AvgIpc) is 2.40. The van der Waals surface area contributed by atoms with Crippen molar-refractivity contribution in [2.24, 2.45) is 0 Å². The summed E-state index contributed by atoms with van der Waals surface area (Å²) in [5.74, 6) is -0.322. The van der Waals surface area contributed by atoms with Crippen LogP contribution in [0.3, 0.4) is 0 Å². The molecule has 0 atom stereocenters. The standard InChI is InChI=1S/C15H15NO3/c1-15(2,12-4-3-9-16-10-12)19-13-7-5-11(6-8-13)14(17)18/h3-10H,1-2H3,(H,17,18). The molecule has 0 radical (unpaired) electrons. The van der Waals surface area contributed by atoms with E-state index in [1.165, 1.54) is 12.1 Å². The smallest absolute Gasteiger partial charge is 0.335 e. The van der Waals surface area contributed by atoms with E-state index in [0.29, 0.717) is 5.75 Å². The van der Waals surface area contributed by atoms with Crippen LogP contribution < -0.4 is 4.74 Å². The summed E-state index contributed by atoms with van der Waals surface area (Å²) in [7, 11) is 0. The Balaban J connectivity index is 2.18. The number of carboxylic acid groups (broad SMARTS) is 1. The number of nitrogens with zero attached hydrogens (tertiary/aromatic N) is 1. The summed E-state index contributed by atoms with van der Waals surface area (Å²) in [4.78, 5) is 14.8. The highest BCUT2D eigenvalue weighted by atomic mass is 16.5. The van der Waals surface area contributed by atoms with Gasteiger partial charge in [-0.1, -0.05) is 6.07 Å². The van der Waals surface area contributed by atoms with E-state index in [0.717, 1.165) is 5.56 Å². The highest BCUT2D eigenvalue weighted by Gasteiger charge is 2.22. The van der Waals surface area contributed by atoms with Crippen LogP contribution in [0.1, 0.15) is 29.8 Å². The number of carbonyl (C=O) groups is 1. The van der Waals surface area contributed by atoms with Gasteiger partial charge in [-0.15, -0.1) is 0 Å². The Morgan fingerprint density at radius 1 is 1.21 bits per heavy atom. The number of rotatable bonds is 4. The summed E-state index contributed by atoms with van der Waals surface area (Å²) in [5.41, 5.74) is 0.669. The molecule has 0 saturated carbocycles. The maximum absolute atomic E-state index is 10.8. The number of aromatic carboxylic acids is 1. The molecule has 98 valence electrons. The fourth-order valence-corrected chi connectivity index (χ4v) is 1.74. The minimum atomic E-state index is -0.946. The van der Waals surface area contributed by atoms with Crippen molar-refractivity contribution in [3.05, 3.63) is 59.9 Å². The van der Waals surface area contributed by atoms with Crippen molar-refractivity contribution >= 4 is 5.97 Å². The van der Waals surface area contributed by atoms with E-state index in [-0.39, 0.29) is 5.56 Å². The molecule has 0 bridgehead atoms. The normalized spacial score (nSPS) is 11.1. The molecule has 0 saturated heterocycles. The van der Waals surface area contributed by atoms with Gasteiger partial charge in [-0.25, -0.2) is 4.79 Å². The van der Waals surface area contributed by atoms with Gasteiger partial charge in [0.25, 0.3) is 0 Å². The van der Waals surface area contributed by atoms with Gasteiger partial charge in [-0.2, -0.15) is 0 Å². The van der Waals surface area contributed by atoms with Crippen LogP contribution in [0.25, 0.3) is 0 Å². The first-order valence-electron chi connectivity index (χ1n) is 5.92. The summed E-state index contributed by atoms with van der Waals surface area (Å²) < 4.78 is 5.89. The summed E-state index contributed by atoms with van der Waals surface area (Å²) in [6, 6.07) is 10.2. The molecular formula is C15H15NO3. The van der Waals surface area contributed by atoms with E-state index >= 15 is 0 Å². The average molecular weight is 257 g/mol. The van der Waals surface area contributed by atoms with E-state index in [2.05, 4.69) is 4.98 Å². The molecule has 1 aromatic heterocycles. The van der Waals surface area contributed by atoms with E-state index in [4.69, 9.17) is 9.84 Å². The largest absolute Gasteiger partial charge is 0.483 e. The maximum atomic E-state index is 10.8. The first-order chi connectivity index (χ1) is 8.99. The van der Waals surface area contributed by atoms with E-state index < -0.39 is 11.6 Å². The predicted molar refractivity (Wildman–Crippen MR) is 71.3 cm³/mol. The predicted octanol–water partition coefficient (Wildman–Crippen LogP) is 3.09. The van der Waals surface area contributed by atoms with Gasteiger partial charge in [0.05, 0.1) is 5.56 Å². The Labute approximate surface area is 111 Å². The van der Waals surface area contributed by atoms with Gasteiger partial charge in [0.2, 0.25) is 0 Å². The molecule has 4 heteroatoms. The fraction of sp³-hybridized carbons (Fsp3) is 0.200. The third-order valence-electron chi connectivity index (χ3n) is 2.83. The monoisotopic (exact) mass is 257 g/mol. The number of hydrogen-bond donors (Lipinski definition) is 1. The van der Waals surface area contributed by atoms with E-state index in [1.54, 1.807) is 24.5 Å². The summed E-state index contributed by atoms with van der Waals surface area (Å²) >= 11 is 0. The fourth-order valence-electron chi connectivity index (χ4n) is 1.74. The van der Waals surface area contributed by atoms with Crippen LogP contribution in [0.5, 0.6) is 5.75 Å². The van der Waals surface area contributed by atoms with Crippen molar-refractivity contribution in [1.29, 1.82) is 0 Å². The molecule has 0 aliphatic carbocycles. The van der Waals surface area contributed by atoms with Crippen molar-refractivity contribution in [2.45, 2.75) is 19.4 Å². The van der Waals surface area contributed by atoms with Gasteiger partial charge in [0, 0.05) is 18.0 Å². The third kappa shape index (κ3) is 3.10. The molecule has 2 rings (SSSR count). The van der Waals surface area contributed by atoms with Crippen molar-refractivity contribution in [3.8, 4) is 5.75 Å². The Hall–Kier alpha value is -2.36. The minimum absolute atomic E-state index is 0.242. The number of carboxylic acids is 1. The topological polar surface area (TPSA) is 59.4 Å². The Kier molecular flexibility index (Phi) is 3.51. The van der Waals surface area contributed by atoms with Crippen LogP contribution >= 0.6 is 0 Å².